The summed E-state index contributed by atoms with van der Waals surface area (Å²) >= 11 is 0. The summed E-state index contributed by atoms with van der Waals surface area (Å²) in [4.78, 5) is 33.4. The molecule has 0 bridgehead atoms. The Morgan fingerprint density at radius 1 is 1.00 bits per heavy atom. The van der Waals surface area contributed by atoms with Crippen LogP contribution in [0.15, 0.2) is 36.5 Å². The highest BCUT2D eigenvalue weighted by Gasteiger charge is 2.29. The van der Waals surface area contributed by atoms with Crippen molar-refractivity contribution in [2.75, 3.05) is 69.9 Å². The van der Waals surface area contributed by atoms with Gasteiger partial charge in [0.15, 0.2) is 17.0 Å². The third kappa shape index (κ3) is 4.20. The van der Waals surface area contributed by atoms with Crippen molar-refractivity contribution >= 4 is 28.8 Å². The number of fused-ring (bicyclic) bond motifs is 1. The summed E-state index contributed by atoms with van der Waals surface area (Å²) in [5.74, 6) is 2.46. The van der Waals surface area contributed by atoms with Crippen LogP contribution in [0, 0.1) is 0 Å². The molecule has 2 fully saturated rings. The summed E-state index contributed by atoms with van der Waals surface area (Å²) in [6.45, 7) is 6.96. The largest absolute Gasteiger partial charge is 0.479 e. The van der Waals surface area contributed by atoms with Gasteiger partial charge in [0.2, 0.25) is 17.7 Å². The second kappa shape index (κ2) is 9.93. The number of aromatic nitrogens is 6. The van der Waals surface area contributed by atoms with Gasteiger partial charge in [0.25, 0.3) is 5.95 Å². The molecule has 0 unspecified atom stereocenters. The van der Waals surface area contributed by atoms with Crippen molar-refractivity contribution in [2.24, 2.45) is 0 Å². The number of imidazole rings is 1. The minimum atomic E-state index is 0.0724. The van der Waals surface area contributed by atoms with Crippen LogP contribution in [0.4, 0.5) is 11.8 Å². The first-order valence-corrected chi connectivity index (χ1v) is 12.9. The Labute approximate surface area is 220 Å². The molecule has 2 aliphatic heterocycles. The van der Waals surface area contributed by atoms with Gasteiger partial charge in [-0.1, -0.05) is 30.3 Å². The number of morpholine rings is 1. The van der Waals surface area contributed by atoms with E-state index in [4.69, 9.17) is 24.4 Å². The van der Waals surface area contributed by atoms with E-state index in [1.807, 2.05) is 48.5 Å². The van der Waals surface area contributed by atoms with Gasteiger partial charge in [-0.25, -0.2) is 9.67 Å². The number of hydrogen-bond acceptors (Lipinski definition) is 9. The molecular weight excluding hydrogens is 486 g/mol. The van der Waals surface area contributed by atoms with Crippen LogP contribution >= 0.6 is 0 Å². The first-order valence-electron chi connectivity index (χ1n) is 12.9. The summed E-state index contributed by atoms with van der Waals surface area (Å²) in [5.41, 5.74) is 3.26. The van der Waals surface area contributed by atoms with Crippen molar-refractivity contribution in [1.82, 2.24) is 34.2 Å². The van der Waals surface area contributed by atoms with E-state index in [1.54, 1.807) is 16.7 Å². The number of anilines is 2. The topological polar surface area (TPSA) is 107 Å². The number of rotatable bonds is 6. The number of likely N-dealkylation sites (N-methyl/N-ethyl adjacent to an activating group) is 1. The van der Waals surface area contributed by atoms with Crippen LogP contribution in [-0.2, 0) is 16.1 Å². The number of benzene rings is 1. The number of carbonyl (C=O) groups excluding carboxylic acids is 1. The highest BCUT2D eigenvalue weighted by molar-refractivity contribution is 5.88. The number of amides is 1. The van der Waals surface area contributed by atoms with E-state index < -0.39 is 0 Å². The van der Waals surface area contributed by atoms with Crippen LogP contribution in [0.3, 0.4) is 0 Å². The predicted molar refractivity (Wildman–Crippen MR) is 143 cm³/mol. The van der Waals surface area contributed by atoms with Crippen LogP contribution in [0.25, 0.3) is 28.2 Å². The molecule has 12 heteroatoms. The van der Waals surface area contributed by atoms with Crippen LogP contribution in [-0.4, -0.2) is 100 Å². The highest BCUT2D eigenvalue weighted by atomic mass is 16.5. The molecule has 0 aliphatic carbocycles. The van der Waals surface area contributed by atoms with Gasteiger partial charge in [-0.3, -0.25) is 9.36 Å². The van der Waals surface area contributed by atoms with Crippen LogP contribution < -0.4 is 14.5 Å². The van der Waals surface area contributed by atoms with Crippen molar-refractivity contribution in [3.8, 4) is 23.0 Å². The molecule has 6 rings (SSSR count). The molecule has 2 saturated heterocycles. The fraction of sp³-hybridized carbons (Fsp3) is 0.423. The van der Waals surface area contributed by atoms with Crippen LogP contribution in [0.2, 0.25) is 0 Å². The Morgan fingerprint density at radius 3 is 2.50 bits per heavy atom. The Bertz CT molecular complexity index is 1460. The average molecular weight is 518 g/mol. The SMILES string of the molecule is CCn1c(N2CCN(C)C(=O)C2)nc2c(N3CCOCC3)nc(-n3cc(-c4ccccc4)c(OC)n3)nc21. The monoisotopic (exact) mass is 517 g/mol. The van der Waals surface area contributed by atoms with Crippen LogP contribution in [0.5, 0.6) is 5.88 Å². The molecule has 0 atom stereocenters. The van der Waals surface area contributed by atoms with E-state index in [9.17, 15) is 4.79 Å². The lowest BCUT2D eigenvalue weighted by Crippen LogP contribution is -2.49. The molecule has 1 aromatic carbocycles. The molecule has 1 amide bonds. The number of carbonyl (C=O) groups is 1. The van der Waals surface area contributed by atoms with E-state index in [1.165, 1.54) is 0 Å². The maximum Gasteiger partial charge on any atom is 0.254 e. The minimum Gasteiger partial charge on any atom is -0.479 e. The molecule has 0 radical (unpaired) electrons. The molecular formula is C26H31N9O3. The third-order valence-corrected chi connectivity index (χ3v) is 7.07. The van der Waals surface area contributed by atoms with Crippen molar-refractivity contribution in [1.29, 1.82) is 0 Å². The van der Waals surface area contributed by atoms with Gasteiger partial charge >= 0.3 is 0 Å². The van der Waals surface area contributed by atoms with Gasteiger partial charge in [-0.2, -0.15) is 9.97 Å². The molecule has 38 heavy (non-hydrogen) atoms. The molecule has 5 heterocycles. The first kappa shape index (κ1) is 24.2. The van der Waals surface area contributed by atoms with E-state index in [0.717, 1.165) is 22.9 Å². The lowest BCUT2D eigenvalue weighted by Gasteiger charge is -2.32. The Morgan fingerprint density at radius 2 is 1.79 bits per heavy atom. The molecule has 0 saturated carbocycles. The number of hydrogen-bond donors (Lipinski definition) is 0. The molecule has 2 aliphatic rings. The maximum atomic E-state index is 12.5. The zero-order chi connectivity index (χ0) is 26.2. The van der Waals surface area contributed by atoms with Crippen molar-refractivity contribution in [2.45, 2.75) is 13.5 Å². The smallest absolute Gasteiger partial charge is 0.254 e. The van der Waals surface area contributed by atoms with E-state index >= 15 is 0 Å². The summed E-state index contributed by atoms with van der Waals surface area (Å²) < 4.78 is 14.9. The average Bonchev–Trinajstić information content (AvgIpc) is 3.56. The maximum absolute atomic E-state index is 12.5. The van der Waals surface area contributed by atoms with E-state index in [-0.39, 0.29) is 12.5 Å². The zero-order valence-electron chi connectivity index (χ0n) is 21.9. The number of ether oxygens (including phenoxy) is 2. The molecule has 198 valence electrons. The summed E-state index contributed by atoms with van der Waals surface area (Å²) in [6.07, 6.45) is 1.89. The fourth-order valence-electron chi connectivity index (χ4n) is 4.95. The second-order valence-corrected chi connectivity index (χ2v) is 9.37. The lowest BCUT2D eigenvalue weighted by molar-refractivity contribution is -0.129. The molecule has 12 nitrogen and oxygen atoms in total. The summed E-state index contributed by atoms with van der Waals surface area (Å²) in [5, 5.41) is 4.67. The molecule has 3 aromatic heterocycles. The fourth-order valence-corrected chi connectivity index (χ4v) is 4.95. The third-order valence-electron chi connectivity index (χ3n) is 7.07. The Balaban J connectivity index is 1.51. The Hall–Kier alpha value is -4.19. The minimum absolute atomic E-state index is 0.0724. The predicted octanol–water partition coefficient (Wildman–Crippen LogP) is 1.82. The molecule has 0 spiro atoms. The summed E-state index contributed by atoms with van der Waals surface area (Å²) in [6, 6.07) is 9.97. The van der Waals surface area contributed by atoms with Gasteiger partial charge in [-0.15, -0.1) is 5.10 Å². The van der Waals surface area contributed by atoms with Crippen molar-refractivity contribution in [3.05, 3.63) is 36.5 Å². The summed E-state index contributed by atoms with van der Waals surface area (Å²) in [7, 11) is 3.44. The molecule has 0 N–H and O–H groups in total. The van der Waals surface area contributed by atoms with E-state index in [2.05, 4.69) is 21.5 Å². The van der Waals surface area contributed by atoms with E-state index in [0.29, 0.717) is 68.9 Å². The van der Waals surface area contributed by atoms with Gasteiger partial charge in [0.1, 0.15) is 0 Å². The van der Waals surface area contributed by atoms with Crippen molar-refractivity contribution < 1.29 is 14.3 Å². The first-order chi connectivity index (χ1) is 18.6. The van der Waals surface area contributed by atoms with Gasteiger partial charge in [0.05, 0.1) is 32.4 Å². The lowest BCUT2D eigenvalue weighted by atomic mass is 10.1. The van der Waals surface area contributed by atoms with Crippen LogP contribution in [0.1, 0.15) is 6.92 Å². The highest BCUT2D eigenvalue weighted by Crippen LogP contribution is 2.32. The van der Waals surface area contributed by atoms with Gasteiger partial charge < -0.3 is 24.2 Å². The normalized spacial score (nSPS) is 16.5. The molecule has 4 aromatic rings. The van der Waals surface area contributed by atoms with Gasteiger partial charge in [-0.05, 0) is 12.5 Å². The second-order valence-electron chi connectivity index (χ2n) is 9.37. The van der Waals surface area contributed by atoms with Crippen molar-refractivity contribution in [3.63, 3.8) is 0 Å². The quantitative estimate of drug-likeness (QED) is 0.379. The number of methoxy groups -OCH3 is 1. The number of aryl methyl sites for hydroxylation is 1. The standard InChI is InChI=1S/C26H31N9O3/c1-4-34-23-21(27-26(34)33-11-10-31(2)20(36)17-33)22(32-12-14-38-15-13-32)28-25(29-23)35-16-19(24(30-35)37-3)18-8-6-5-7-9-18/h5-9,16H,4,10-15,17H2,1-3H3. The Kier molecular flexibility index (Phi) is 6.32. The van der Waals surface area contributed by atoms with Gasteiger partial charge in [0, 0.05) is 46.0 Å². The zero-order valence-corrected chi connectivity index (χ0v) is 21.9. The number of piperazine rings is 1. The number of nitrogens with zero attached hydrogens (tertiary/aromatic N) is 9.